The van der Waals surface area contributed by atoms with Crippen LogP contribution in [0.5, 0.6) is 0 Å². The summed E-state index contributed by atoms with van der Waals surface area (Å²) >= 11 is 1.24. The molecule has 7 heteroatoms. The van der Waals surface area contributed by atoms with Crippen LogP contribution in [0.1, 0.15) is 9.67 Å². The Morgan fingerprint density at radius 3 is 2.55 bits per heavy atom. The van der Waals surface area contributed by atoms with Crippen LogP contribution in [-0.2, 0) is 0 Å². The Bertz CT molecular complexity index is 874. The molecule has 0 fully saturated rings. The molecule has 0 saturated heterocycles. The minimum Gasteiger partial charge on any atom is -0.321 e. The van der Waals surface area contributed by atoms with Gasteiger partial charge in [-0.25, -0.2) is 4.39 Å². The van der Waals surface area contributed by atoms with Crippen molar-refractivity contribution >= 4 is 38.7 Å². The number of anilines is 1. The minimum absolute atomic E-state index is 0.0178. The molecule has 5 nitrogen and oxygen atoms in total. The Morgan fingerprint density at radius 1 is 1.14 bits per heavy atom. The fraction of sp³-hybridized carbons (Fsp3) is 0. The quantitative estimate of drug-likeness (QED) is 0.581. The zero-order valence-corrected chi connectivity index (χ0v) is 11.9. The predicted molar refractivity (Wildman–Crippen MR) is 82.8 cm³/mol. The molecule has 0 aliphatic heterocycles. The summed E-state index contributed by atoms with van der Waals surface area (Å²) in [5, 5.41) is 14.0. The van der Waals surface area contributed by atoms with E-state index in [0.29, 0.717) is 16.0 Å². The number of halogens is 1. The van der Waals surface area contributed by atoms with Gasteiger partial charge in [0.05, 0.1) is 9.80 Å². The van der Waals surface area contributed by atoms with Gasteiger partial charge in [0.25, 0.3) is 11.6 Å². The molecule has 1 amide bonds. The number of rotatable bonds is 3. The Kier molecular flexibility index (Phi) is 3.56. The van der Waals surface area contributed by atoms with Gasteiger partial charge in [-0.05, 0) is 36.4 Å². The summed E-state index contributed by atoms with van der Waals surface area (Å²) in [7, 11) is 0. The summed E-state index contributed by atoms with van der Waals surface area (Å²) in [6.45, 7) is 0. The molecule has 0 unspecified atom stereocenters. The number of nitrogens with zero attached hydrogens (tertiary/aromatic N) is 1. The number of thiophene rings is 1. The highest BCUT2D eigenvalue weighted by Crippen LogP contribution is 2.29. The zero-order chi connectivity index (χ0) is 15.7. The van der Waals surface area contributed by atoms with Gasteiger partial charge >= 0.3 is 0 Å². The molecule has 22 heavy (non-hydrogen) atoms. The van der Waals surface area contributed by atoms with Crippen LogP contribution in [0.2, 0.25) is 0 Å². The monoisotopic (exact) mass is 316 g/mol. The highest BCUT2D eigenvalue weighted by Gasteiger charge is 2.13. The van der Waals surface area contributed by atoms with Crippen LogP contribution in [0, 0.1) is 15.9 Å². The highest BCUT2D eigenvalue weighted by molar-refractivity contribution is 7.20. The van der Waals surface area contributed by atoms with Crippen molar-refractivity contribution in [3.8, 4) is 0 Å². The van der Waals surface area contributed by atoms with E-state index >= 15 is 0 Å². The summed E-state index contributed by atoms with van der Waals surface area (Å²) in [4.78, 5) is 22.9. The highest BCUT2D eigenvalue weighted by atomic mass is 32.1. The van der Waals surface area contributed by atoms with Gasteiger partial charge in [0.1, 0.15) is 5.82 Å². The normalized spacial score (nSPS) is 10.6. The third kappa shape index (κ3) is 2.79. The maximum atomic E-state index is 12.8. The average molecular weight is 316 g/mol. The van der Waals surface area contributed by atoms with Crippen molar-refractivity contribution in [3.05, 3.63) is 69.3 Å². The molecular formula is C15H9FN2O3S. The van der Waals surface area contributed by atoms with Gasteiger partial charge in [-0.15, -0.1) is 11.3 Å². The summed E-state index contributed by atoms with van der Waals surface area (Å²) < 4.78 is 13.6. The number of hydrogen-bond donors (Lipinski definition) is 1. The molecule has 0 spiro atoms. The van der Waals surface area contributed by atoms with Crippen LogP contribution in [0.15, 0.2) is 48.5 Å². The number of non-ortho nitro benzene ring substituents is 1. The van der Waals surface area contributed by atoms with E-state index in [2.05, 4.69) is 5.32 Å². The number of benzene rings is 2. The molecule has 2 aromatic carbocycles. The van der Waals surface area contributed by atoms with Gasteiger partial charge in [-0.2, -0.15) is 0 Å². The van der Waals surface area contributed by atoms with E-state index in [-0.39, 0.29) is 17.4 Å². The van der Waals surface area contributed by atoms with Crippen molar-refractivity contribution in [2.24, 2.45) is 0 Å². The lowest BCUT2D eigenvalue weighted by Gasteiger charge is -2.02. The number of fused-ring (bicyclic) bond motifs is 1. The maximum Gasteiger partial charge on any atom is 0.270 e. The summed E-state index contributed by atoms with van der Waals surface area (Å²) in [5.41, 5.74) is 0.464. The average Bonchev–Trinajstić information content (AvgIpc) is 2.92. The standard InChI is InChI=1S/C15H9FN2O3S/c16-10-1-3-11(4-2-10)17-15(19)14-8-9-7-12(18(20)21)5-6-13(9)22-14/h1-8H,(H,17,19). The number of carbonyl (C=O) groups excluding carboxylic acids is 1. The van der Waals surface area contributed by atoms with Crippen LogP contribution in [0.3, 0.4) is 0 Å². The van der Waals surface area contributed by atoms with E-state index in [0.717, 1.165) is 4.70 Å². The van der Waals surface area contributed by atoms with Gasteiger partial charge in [0, 0.05) is 27.9 Å². The molecule has 0 saturated carbocycles. The second-order valence-corrected chi connectivity index (χ2v) is 5.63. The van der Waals surface area contributed by atoms with Gasteiger partial charge in [0.2, 0.25) is 0 Å². The van der Waals surface area contributed by atoms with Gasteiger partial charge < -0.3 is 5.32 Å². The molecule has 110 valence electrons. The second-order valence-electron chi connectivity index (χ2n) is 4.55. The molecule has 3 rings (SSSR count). The fourth-order valence-corrected chi connectivity index (χ4v) is 2.92. The van der Waals surface area contributed by atoms with E-state index in [1.807, 2.05) is 0 Å². The molecular weight excluding hydrogens is 307 g/mol. The van der Waals surface area contributed by atoms with E-state index in [4.69, 9.17) is 0 Å². The largest absolute Gasteiger partial charge is 0.321 e. The number of nitro groups is 1. The smallest absolute Gasteiger partial charge is 0.270 e. The Morgan fingerprint density at radius 2 is 1.86 bits per heavy atom. The fourth-order valence-electron chi connectivity index (χ4n) is 1.98. The van der Waals surface area contributed by atoms with Crippen LogP contribution in [0.4, 0.5) is 15.8 Å². The van der Waals surface area contributed by atoms with E-state index in [1.165, 1.54) is 47.7 Å². The lowest BCUT2D eigenvalue weighted by Crippen LogP contribution is -2.09. The molecule has 0 radical (unpaired) electrons. The van der Waals surface area contributed by atoms with Crippen molar-refractivity contribution in [2.75, 3.05) is 5.32 Å². The van der Waals surface area contributed by atoms with Crippen molar-refractivity contribution in [1.82, 2.24) is 0 Å². The van der Waals surface area contributed by atoms with Crippen molar-refractivity contribution < 1.29 is 14.1 Å². The van der Waals surface area contributed by atoms with Crippen LogP contribution in [-0.4, -0.2) is 10.8 Å². The Balaban J connectivity index is 1.87. The number of nitro benzene ring substituents is 1. The summed E-state index contributed by atoms with van der Waals surface area (Å²) in [6.07, 6.45) is 0. The van der Waals surface area contributed by atoms with E-state index in [1.54, 1.807) is 12.1 Å². The first-order valence-corrected chi connectivity index (χ1v) is 7.09. The molecule has 0 aliphatic rings. The Labute approximate surface area is 128 Å². The molecule has 1 aromatic heterocycles. The van der Waals surface area contributed by atoms with Crippen molar-refractivity contribution in [3.63, 3.8) is 0 Å². The lowest BCUT2D eigenvalue weighted by atomic mass is 10.2. The molecule has 0 aliphatic carbocycles. The van der Waals surface area contributed by atoms with Crippen LogP contribution in [0.25, 0.3) is 10.1 Å². The number of carbonyl (C=O) groups is 1. The first-order chi connectivity index (χ1) is 10.5. The molecule has 3 aromatic rings. The summed E-state index contributed by atoms with van der Waals surface area (Å²) in [5.74, 6) is -0.720. The summed E-state index contributed by atoms with van der Waals surface area (Å²) in [6, 6.07) is 11.5. The minimum atomic E-state index is -0.477. The van der Waals surface area contributed by atoms with Gasteiger partial charge in [-0.3, -0.25) is 14.9 Å². The first-order valence-electron chi connectivity index (χ1n) is 6.28. The third-order valence-corrected chi connectivity index (χ3v) is 4.15. The van der Waals surface area contributed by atoms with E-state index < -0.39 is 4.92 Å². The van der Waals surface area contributed by atoms with E-state index in [9.17, 15) is 19.3 Å². The topological polar surface area (TPSA) is 72.2 Å². The number of hydrogen-bond acceptors (Lipinski definition) is 4. The molecule has 1 heterocycles. The van der Waals surface area contributed by atoms with Gasteiger partial charge in [-0.1, -0.05) is 0 Å². The van der Waals surface area contributed by atoms with Crippen molar-refractivity contribution in [2.45, 2.75) is 0 Å². The van der Waals surface area contributed by atoms with Gasteiger partial charge in [0.15, 0.2) is 0 Å². The lowest BCUT2D eigenvalue weighted by molar-refractivity contribution is -0.384. The SMILES string of the molecule is O=C(Nc1ccc(F)cc1)c1cc2cc([N+](=O)[O-])ccc2s1. The molecule has 0 bridgehead atoms. The predicted octanol–water partition coefficient (Wildman–Crippen LogP) is 4.20. The first kappa shape index (κ1) is 14.2. The van der Waals surface area contributed by atoms with Crippen LogP contribution >= 0.6 is 11.3 Å². The Hall–Kier alpha value is -2.80. The number of nitrogens with one attached hydrogen (secondary N) is 1. The maximum absolute atomic E-state index is 12.8. The zero-order valence-electron chi connectivity index (χ0n) is 11.1. The molecule has 0 atom stereocenters. The number of amides is 1. The van der Waals surface area contributed by atoms with Crippen LogP contribution < -0.4 is 5.32 Å². The third-order valence-electron chi connectivity index (χ3n) is 3.04. The second kappa shape index (κ2) is 5.53. The molecule has 1 N–H and O–H groups in total. The van der Waals surface area contributed by atoms with Crippen molar-refractivity contribution in [1.29, 1.82) is 0 Å².